The SMILES string of the molecule is CCCN(CC)c1cc2[nH]c(=O)oc2cc1N. The highest BCUT2D eigenvalue weighted by Crippen LogP contribution is 2.27. The van der Waals surface area contributed by atoms with Gasteiger partial charge in [-0.2, -0.15) is 0 Å². The number of anilines is 2. The Kier molecular flexibility index (Phi) is 3.08. The van der Waals surface area contributed by atoms with Gasteiger partial charge in [-0.05, 0) is 19.4 Å². The summed E-state index contributed by atoms with van der Waals surface area (Å²) in [5.41, 5.74) is 8.76. The summed E-state index contributed by atoms with van der Waals surface area (Å²) < 4.78 is 4.97. The first kappa shape index (κ1) is 11.6. The zero-order chi connectivity index (χ0) is 12.4. The Bertz CT molecular complexity index is 571. The molecule has 0 unspecified atom stereocenters. The number of aromatic nitrogens is 1. The molecule has 1 aromatic carbocycles. The molecular weight excluding hydrogens is 218 g/mol. The second-order valence-electron chi connectivity index (χ2n) is 4.00. The molecule has 2 aromatic rings. The Balaban J connectivity index is 2.52. The Hall–Kier alpha value is -1.91. The van der Waals surface area contributed by atoms with Crippen LogP contribution in [-0.2, 0) is 0 Å². The van der Waals surface area contributed by atoms with Crippen LogP contribution >= 0.6 is 0 Å². The van der Waals surface area contributed by atoms with Crippen molar-refractivity contribution in [3.8, 4) is 0 Å². The van der Waals surface area contributed by atoms with Gasteiger partial charge in [0.2, 0.25) is 0 Å². The summed E-state index contributed by atoms with van der Waals surface area (Å²) in [6.45, 7) is 6.02. The molecule has 1 aromatic heterocycles. The number of nitrogens with one attached hydrogen (secondary N) is 1. The molecule has 17 heavy (non-hydrogen) atoms. The van der Waals surface area contributed by atoms with Crippen molar-refractivity contribution in [3.05, 3.63) is 22.7 Å². The fourth-order valence-corrected chi connectivity index (χ4v) is 1.99. The molecular formula is C12H17N3O2. The van der Waals surface area contributed by atoms with Crippen LogP contribution in [0.15, 0.2) is 21.3 Å². The molecule has 0 bridgehead atoms. The number of benzene rings is 1. The lowest BCUT2D eigenvalue weighted by molar-refractivity contribution is 0.555. The number of aromatic amines is 1. The molecule has 0 aliphatic carbocycles. The molecule has 0 atom stereocenters. The smallest absolute Gasteiger partial charge is 0.408 e. The van der Waals surface area contributed by atoms with Crippen molar-refractivity contribution in [2.45, 2.75) is 20.3 Å². The minimum Gasteiger partial charge on any atom is -0.408 e. The van der Waals surface area contributed by atoms with Crippen molar-refractivity contribution in [3.63, 3.8) is 0 Å². The van der Waals surface area contributed by atoms with E-state index in [9.17, 15) is 4.79 Å². The lowest BCUT2D eigenvalue weighted by atomic mass is 10.2. The number of oxazole rings is 1. The van der Waals surface area contributed by atoms with Crippen LogP contribution in [-0.4, -0.2) is 18.1 Å². The van der Waals surface area contributed by atoms with E-state index in [4.69, 9.17) is 10.2 Å². The van der Waals surface area contributed by atoms with Gasteiger partial charge in [0, 0.05) is 19.2 Å². The second kappa shape index (κ2) is 4.53. The van der Waals surface area contributed by atoms with Crippen LogP contribution in [0.4, 0.5) is 11.4 Å². The normalized spacial score (nSPS) is 10.9. The van der Waals surface area contributed by atoms with E-state index in [1.807, 2.05) is 6.07 Å². The number of fused-ring (bicyclic) bond motifs is 1. The number of hydrogen-bond donors (Lipinski definition) is 2. The highest BCUT2D eigenvalue weighted by molar-refractivity contribution is 5.85. The summed E-state index contributed by atoms with van der Waals surface area (Å²) in [6.07, 6.45) is 1.05. The lowest BCUT2D eigenvalue weighted by Gasteiger charge is -2.23. The van der Waals surface area contributed by atoms with E-state index in [0.717, 1.165) is 25.2 Å². The van der Waals surface area contributed by atoms with E-state index in [1.54, 1.807) is 6.07 Å². The molecule has 5 heteroatoms. The number of rotatable bonds is 4. The summed E-state index contributed by atoms with van der Waals surface area (Å²) in [4.78, 5) is 15.9. The van der Waals surface area contributed by atoms with Crippen molar-refractivity contribution in [2.24, 2.45) is 0 Å². The minimum absolute atomic E-state index is 0.449. The van der Waals surface area contributed by atoms with E-state index in [1.165, 1.54) is 0 Å². The zero-order valence-corrected chi connectivity index (χ0v) is 10.1. The van der Waals surface area contributed by atoms with Crippen LogP contribution in [0.25, 0.3) is 11.1 Å². The van der Waals surface area contributed by atoms with Crippen LogP contribution in [0.1, 0.15) is 20.3 Å². The Morgan fingerprint density at radius 1 is 1.41 bits per heavy atom. The third kappa shape index (κ3) is 2.13. The van der Waals surface area contributed by atoms with Crippen molar-refractivity contribution < 1.29 is 4.42 Å². The maximum absolute atomic E-state index is 11.1. The number of hydrogen-bond acceptors (Lipinski definition) is 4. The topological polar surface area (TPSA) is 75.3 Å². The summed E-state index contributed by atoms with van der Waals surface area (Å²) in [5.74, 6) is -0.449. The van der Waals surface area contributed by atoms with Gasteiger partial charge in [0.25, 0.3) is 0 Å². The standard InChI is InChI=1S/C12H17N3O2/c1-3-5-15(4-2)10-7-9-11(6-8(10)13)17-12(16)14-9/h6-7H,3-5,13H2,1-2H3,(H,14,16). The maximum Gasteiger partial charge on any atom is 0.417 e. The van der Waals surface area contributed by atoms with Crippen LogP contribution in [0, 0.1) is 0 Å². The van der Waals surface area contributed by atoms with Gasteiger partial charge < -0.3 is 15.1 Å². The highest BCUT2D eigenvalue weighted by Gasteiger charge is 2.11. The molecule has 2 rings (SSSR count). The third-order valence-electron chi connectivity index (χ3n) is 2.78. The van der Waals surface area contributed by atoms with Gasteiger partial charge in [0.1, 0.15) is 0 Å². The van der Waals surface area contributed by atoms with Crippen molar-refractivity contribution in [1.82, 2.24) is 4.98 Å². The van der Waals surface area contributed by atoms with Crippen LogP contribution < -0.4 is 16.4 Å². The molecule has 0 saturated heterocycles. The molecule has 0 aliphatic heterocycles. The molecule has 5 nitrogen and oxygen atoms in total. The number of nitrogen functional groups attached to an aromatic ring is 1. The largest absolute Gasteiger partial charge is 0.417 e. The van der Waals surface area contributed by atoms with Gasteiger partial charge in [-0.25, -0.2) is 4.79 Å². The highest BCUT2D eigenvalue weighted by atomic mass is 16.4. The van der Waals surface area contributed by atoms with Gasteiger partial charge in [-0.3, -0.25) is 4.98 Å². The quantitative estimate of drug-likeness (QED) is 0.794. The maximum atomic E-state index is 11.1. The summed E-state index contributed by atoms with van der Waals surface area (Å²) in [7, 11) is 0. The zero-order valence-electron chi connectivity index (χ0n) is 10.1. The minimum atomic E-state index is -0.449. The summed E-state index contributed by atoms with van der Waals surface area (Å²) in [6, 6.07) is 3.57. The molecule has 1 heterocycles. The van der Waals surface area contributed by atoms with Crippen LogP contribution in [0.3, 0.4) is 0 Å². The fraction of sp³-hybridized carbons (Fsp3) is 0.417. The molecule has 0 spiro atoms. The first-order chi connectivity index (χ1) is 8.15. The fourth-order valence-electron chi connectivity index (χ4n) is 1.99. The average molecular weight is 235 g/mol. The monoisotopic (exact) mass is 235 g/mol. The predicted molar refractivity (Wildman–Crippen MR) is 69.4 cm³/mol. The molecule has 3 N–H and O–H groups in total. The lowest BCUT2D eigenvalue weighted by Crippen LogP contribution is -2.24. The number of nitrogens with zero attached hydrogens (tertiary/aromatic N) is 1. The van der Waals surface area contributed by atoms with E-state index < -0.39 is 5.76 Å². The second-order valence-corrected chi connectivity index (χ2v) is 4.00. The first-order valence-corrected chi connectivity index (χ1v) is 5.83. The first-order valence-electron chi connectivity index (χ1n) is 5.83. The summed E-state index contributed by atoms with van der Waals surface area (Å²) >= 11 is 0. The third-order valence-corrected chi connectivity index (χ3v) is 2.78. The van der Waals surface area contributed by atoms with E-state index in [-0.39, 0.29) is 0 Å². The van der Waals surface area contributed by atoms with Gasteiger partial charge in [0.05, 0.1) is 16.9 Å². The molecule has 0 fully saturated rings. The van der Waals surface area contributed by atoms with E-state index in [0.29, 0.717) is 16.8 Å². The average Bonchev–Trinajstić information content (AvgIpc) is 2.64. The molecule has 0 aliphatic rings. The van der Waals surface area contributed by atoms with Gasteiger partial charge >= 0.3 is 5.76 Å². The van der Waals surface area contributed by atoms with Gasteiger partial charge in [-0.1, -0.05) is 6.92 Å². The van der Waals surface area contributed by atoms with Crippen LogP contribution in [0.5, 0.6) is 0 Å². The molecule has 92 valence electrons. The molecule has 0 saturated carbocycles. The summed E-state index contributed by atoms with van der Waals surface area (Å²) in [5, 5.41) is 0. The predicted octanol–water partition coefficient (Wildman–Crippen LogP) is 1.94. The van der Waals surface area contributed by atoms with Gasteiger partial charge in [-0.15, -0.1) is 0 Å². The van der Waals surface area contributed by atoms with Crippen molar-refractivity contribution >= 4 is 22.5 Å². The van der Waals surface area contributed by atoms with Crippen LogP contribution in [0.2, 0.25) is 0 Å². The molecule has 0 amide bonds. The Morgan fingerprint density at radius 2 is 2.18 bits per heavy atom. The van der Waals surface area contributed by atoms with Gasteiger partial charge in [0.15, 0.2) is 5.58 Å². The number of H-pyrrole nitrogens is 1. The van der Waals surface area contributed by atoms with Crippen molar-refractivity contribution in [2.75, 3.05) is 23.7 Å². The van der Waals surface area contributed by atoms with E-state index >= 15 is 0 Å². The number of nitrogens with two attached hydrogens (primary N) is 1. The van der Waals surface area contributed by atoms with E-state index in [2.05, 4.69) is 23.7 Å². The Morgan fingerprint density at radius 3 is 2.82 bits per heavy atom. The Labute approximate surface area is 99.2 Å². The van der Waals surface area contributed by atoms with Crippen molar-refractivity contribution in [1.29, 1.82) is 0 Å². The molecule has 0 radical (unpaired) electrons.